The lowest BCUT2D eigenvalue weighted by molar-refractivity contribution is -0.121. The van der Waals surface area contributed by atoms with Crippen LogP contribution in [0.25, 0.3) is 0 Å². The van der Waals surface area contributed by atoms with Gasteiger partial charge in [0.2, 0.25) is 5.91 Å². The molecule has 2 N–H and O–H groups in total. The molecule has 0 radical (unpaired) electrons. The summed E-state index contributed by atoms with van der Waals surface area (Å²) >= 11 is 0. The number of carbonyl (C=O) groups is 1. The minimum absolute atomic E-state index is 0.109. The van der Waals surface area contributed by atoms with Gasteiger partial charge in [-0.25, -0.2) is 0 Å². The molecule has 3 unspecified atom stereocenters. The van der Waals surface area contributed by atoms with Gasteiger partial charge < -0.3 is 15.5 Å². The van der Waals surface area contributed by atoms with E-state index in [1.807, 2.05) is 20.8 Å². The third kappa shape index (κ3) is 3.68. The van der Waals surface area contributed by atoms with Crippen molar-refractivity contribution in [3.8, 4) is 0 Å². The van der Waals surface area contributed by atoms with E-state index in [1.54, 1.807) is 0 Å². The van der Waals surface area contributed by atoms with E-state index in [4.69, 9.17) is 0 Å². The Morgan fingerprint density at radius 2 is 2.00 bits per heavy atom. The van der Waals surface area contributed by atoms with Crippen LogP contribution in [0, 0.1) is 5.92 Å². The first-order chi connectivity index (χ1) is 7.94. The molecule has 2 aliphatic rings. The molecule has 2 rings (SSSR count). The largest absolute Gasteiger partial charge is 0.350 e. The molecule has 2 bridgehead atoms. The first-order valence-electron chi connectivity index (χ1n) is 6.71. The summed E-state index contributed by atoms with van der Waals surface area (Å²) in [5.74, 6) is 0.865. The molecular formula is C13H25N3O. The fourth-order valence-corrected chi connectivity index (χ4v) is 2.91. The highest BCUT2D eigenvalue weighted by Crippen LogP contribution is 2.26. The Morgan fingerprint density at radius 3 is 2.71 bits per heavy atom. The second-order valence-electron chi connectivity index (χ2n) is 6.42. The van der Waals surface area contributed by atoms with Crippen LogP contribution in [0.2, 0.25) is 0 Å². The third-order valence-electron chi connectivity index (χ3n) is 3.67. The number of rotatable bonds is 3. The maximum atomic E-state index is 11.7. The Morgan fingerprint density at radius 1 is 1.29 bits per heavy atom. The highest BCUT2D eigenvalue weighted by Gasteiger charge is 2.34. The Kier molecular flexibility index (Phi) is 3.73. The Balaban J connectivity index is 1.73. The van der Waals surface area contributed by atoms with Crippen LogP contribution in [-0.4, -0.2) is 48.6 Å². The summed E-state index contributed by atoms with van der Waals surface area (Å²) in [5, 5.41) is 6.42. The maximum absolute atomic E-state index is 11.7. The predicted octanol–water partition coefficient (Wildman–Crippen LogP) is 0.585. The van der Waals surface area contributed by atoms with Gasteiger partial charge in [0.25, 0.3) is 0 Å². The summed E-state index contributed by atoms with van der Waals surface area (Å²) in [6.45, 7) is 10.2. The summed E-state index contributed by atoms with van der Waals surface area (Å²) in [5.41, 5.74) is -0.129. The van der Waals surface area contributed by atoms with E-state index in [-0.39, 0.29) is 11.4 Å². The molecule has 0 spiro atoms. The van der Waals surface area contributed by atoms with Gasteiger partial charge in [-0.1, -0.05) is 0 Å². The third-order valence-corrected chi connectivity index (χ3v) is 3.67. The van der Waals surface area contributed by atoms with Gasteiger partial charge in [-0.2, -0.15) is 0 Å². The smallest absolute Gasteiger partial charge is 0.234 e. The highest BCUT2D eigenvalue weighted by atomic mass is 16.2. The summed E-state index contributed by atoms with van der Waals surface area (Å²) in [4.78, 5) is 14.2. The van der Waals surface area contributed by atoms with Crippen LogP contribution in [0.15, 0.2) is 0 Å². The average molecular weight is 239 g/mol. The Labute approximate surface area is 104 Å². The van der Waals surface area contributed by atoms with Crippen LogP contribution in [-0.2, 0) is 4.79 Å². The average Bonchev–Trinajstić information content (AvgIpc) is 2.57. The van der Waals surface area contributed by atoms with E-state index in [0.717, 1.165) is 5.92 Å². The number of hydrogen-bond acceptors (Lipinski definition) is 3. The molecule has 0 aliphatic carbocycles. The molecule has 3 atom stereocenters. The number of carbonyl (C=O) groups excluding carboxylic acids is 1. The predicted molar refractivity (Wildman–Crippen MR) is 68.9 cm³/mol. The van der Waals surface area contributed by atoms with E-state index >= 15 is 0 Å². The lowest BCUT2D eigenvalue weighted by Crippen LogP contribution is -2.50. The highest BCUT2D eigenvalue weighted by molar-refractivity contribution is 5.78. The zero-order chi connectivity index (χ0) is 12.5. The molecule has 4 heteroatoms. The molecule has 0 aromatic heterocycles. The van der Waals surface area contributed by atoms with Crippen LogP contribution in [0.3, 0.4) is 0 Å². The molecule has 2 heterocycles. The van der Waals surface area contributed by atoms with Crippen molar-refractivity contribution in [1.82, 2.24) is 15.5 Å². The van der Waals surface area contributed by atoms with E-state index in [9.17, 15) is 4.79 Å². The molecule has 0 aromatic carbocycles. The molecule has 2 fully saturated rings. The van der Waals surface area contributed by atoms with Crippen LogP contribution in [0.5, 0.6) is 0 Å². The summed E-state index contributed by atoms with van der Waals surface area (Å²) in [6.07, 6.45) is 2.48. The zero-order valence-corrected chi connectivity index (χ0v) is 11.3. The van der Waals surface area contributed by atoms with Crippen molar-refractivity contribution in [2.75, 3.05) is 26.2 Å². The number of piperidine rings is 1. The second kappa shape index (κ2) is 4.94. The van der Waals surface area contributed by atoms with Gasteiger partial charge in [-0.05, 0) is 52.6 Å². The van der Waals surface area contributed by atoms with Gasteiger partial charge in [0.05, 0.1) is 6.54 Å². The maximum Gasteiger partial charge on any atom is 0.234 e. The molecule has 4 nitrogen and oxygen atoms in total. The number of nitrogens with one attached hydrogen (secondary N) is 2. The summed E-state index contributed by atoms with van der Waals surface area (Å²) in [7, 11) is 0. The number of fused-ring (bicyclic) bond motifs is 2. The van der Waals surface area contributed by atoms with E-state index in [1.165, 1.54) is 32.5 Å². The first-order valence-corrected chi connectivity index (χ1v) is 6.71. The SMILES string of the molecule is CC(C)(C)NC(=O)CNC1CCN2CCC1C2. The lowest BCUT2D eigenvalue weighted by atomic mass is 9.94. The fourth-order valence-electron chi connectivity index (χ4n) is 2.91. The van der Waals surface area contributed by atoms with Crippen molar-refractivity contribution >= 4 is 5.91 Å². The van der Waals surface area contributed by atoms with Crippen molar-refractivity contribution in [1.29, 1.82) is 0 Å². The standard InChI is InChI=1S/C13H25N3O/c1-13(2,3)15-12(17)8-14-11-5-7-16-6-4-10(11)9-16/h10-11,14H,4-9H2,1-3H3,(H,15,17). The van der Waals surface area contributed by atoms with Gasteiger partial charge in [0, 0.05) is 18.1 Å². The molecule has 2 aliphatic heterocycles. The minimum atomic E-state index is -0.129. The van der Waals surface area contributed by atoms with E-state index in [2.05, 4.69) is 15.5 Å². The molecule has 0 saturated carbocycles. The second-order valence-corrected chi connectivity index (χ2v) is 6.42. The molecule has 17 heavy (non-hydrogen) atoms. The lowest BCUT2D eigenvalue weighted by Gasteiger charge is -2.31. The van der Waals surface area contributed by atoms with Gasteiger partial charge in [-0.15, -0.1) is 0 Å². The molecular weight excluding hydrogens is 214 g/mol. The monoisotopic (exact) mass is 239 g/mol. The number of nitrogens with zero attached hydrogens (tertiary/aromatic N) is 1. The van der Waals surface area contributed by atoms with Gasteiger partial charge in [0.1, 0.15) is 0 Å². The Hall–Kier alpha value is -0.610. The molecule has 98 valence electrons. The van der Waals surface area contributed by atoms with Crippen molar-refractivity contribution in [2.45, 2.75) is 45.2 Å². The van der Waals surface area contributed by atoms with Gasteiger partial charge in [0.15, 0.2) is 0 Å². The number of hydrogen-bond donors (Lipinski definition) is 2. The van der Waals surface area contributed by atoms with Gasteiger partial charge in [-0.3, -0.25) is 4.79 Å². The number of amides is 1. The van der Waals surface area contributed by atoms with Crippen LogP contribution >= 0.6 is 0 Å². The van der Waals surface area contributed by atoms with Crippen molar-refractivity contribution in [3.05, 3.63) is 0 Å². The topological polar surface area (TPSA) is 44.4 Å². The van der Waals surface area contributed by atoms with E-state index < -0.39 is 0 Å². The van der Waals surface area contributed by atoms with Crippen LogP contribution in [0.4, 0.5) is 0 Å². The zero-order valence-electron chi connectivity index (χ0n) is 11.3. The quantitative estimate of drug-likeness (QED) is 0.757. The molecule has 1 amide bonds. The van der Waals surface area contributed by atoms with Crippen molar-refractivity contribution in [3.63, 3.8) is 0 Å². The van der Waals surface area contributed by atoms with Crippen molar-refractivity contribution < 1.29 is 4.79 Å². The van der Waals surface area contributed by atoms with E-state index in [0.29, 0.717) is 12.6 Å². The van der Waals surface area contributed by atoms with Gasteiger partial charge >= 0.3 is 0 Å². The van der Waals surface area contributed by atoms with Crippen molar-refractivity contribution in [2.24, 2.45) is 5.92 Å². The molecule has 0 aromatic rings. The Bertz CT molecular complexity index is 285. The van der Waals surface area contributed by atoms with Crippen LogP contribution < -0.4 is 10.6 Å². The normalized spacial score (nSPS) is 32.5. The summed E-state index contributed by atoms with van der Waals surface area (Å²) < 4.78 is 0. The first kappa shape index (κ1) is 12.8. The minimum Gasteiger partial charge on any atom is -0.350 e. The fraction of sp³-hybridized carbons (Fsp3) is 0.923. The molecule has 2 saturated heterocycles. The van der Waals surface area contributed by atoms with Crippen LogP contribution in [0.1, 0.15) is 33.6 Å². The summed E-state index contributed by atoms with van der Waals surface area (Å²) in [6, 6.07) is 0.541.